The van der Waals surface area contributed by atoms with Crippen LogP contribution < -0.4 is 4.74 Å². The fourth-order valence-electron chi connectivity index (χ4n) is 5.48. The normalized spacial score (nSPS) is 21.1. The Morgan fingerprint density at radius 1 is 0.435 bits per heavy atom. The van der Waals surface area contributed by atoms with E-state index in [1.165, 1.54) is 22.3 Å². The fourth-order valence-corrected chi connectivity index (χ4v) is 11.5. The molecule has 2 nitrogen and oxygen atoms in total. The largest absolute Gasteiger partial charge is 0.464 e. The smallest absolute Gasteiger partial charge is 0.213 e. The number of rotatable bonds is 15. The van der Waals surface area contributed by atoms with Crippen molar-refractivity contribution in [3.8, 4) is 5.75 Å². The molecule has 236 valence electrons. The second kappa shape index (κ2) is 18.0. The predicted octanol–water partition coefficient (Wildman–Crippen LogP) is 10.6. The Morgan fingerprint density at radius 3 is 1.30 bits per heavy atom. The van der Waals surface area contributed by atoms with E-state index in [4.69, 9.17) is 9.47 Å². The molecule has 0 unspecified atom stereocenters. The highest BCUT2D eigenvalue weighted by molar-refractivity contribution is 8.05. The Bertz CT molecular complexity index is 1540. The minimum atomic E-state index is -0.361. The summed E-state index contributed by atoms with van der Waals surface area (Å²) >= 11 is 8.07. The van der Waals surface area contributed by atoms with Crippen LogP contribution in [-0.4, -0.2) is 33.9 Å². The summed E-state index contributed by atoms with van der Waals surface area (Å²) < 4.78 is 13.9. The van der Waals surface area contributed by atoms with E-state index < -0.39 is 0 Å². The number of benzene rings is 5. The van der Waals surface area contributed by atoms with Crippen molar-refractivity contribution in [2.24, 2.45) is 0 Å². The molecule has 0 bridgehead atoms. The van der Waals surface area contributed by atoms with Crippen LogP contribution in [0.15, 0.2) is 152 Å². The highest BCUT2D eigenvalue weighted by atomic mass is 32.2. The summed E-state index contributed by atoms with van der Waals surface area (Å²) in [5.41, 5.74) is 5.38. The number of hydrogen-bond acceptors (Lipinski definition) is 6. The highest BCUT2D eigenvalue weighted by Crippen LogP contribution is 2.46. The first-order valence-electron chi connectivity index (χ1n) is 15.8. The van der Waals surface area contributed by atoms with Crippen LogP contribution in [-0.2, 0) is 27.7 Å². The van der Waals surface area contributed by atoms with Gasteiger partial charge in [-0.05, 0) is 34.4 Å². The molecule has 0 N–H and O–H groups in total. The Labute approximate surface area is 291 Å². The van der Waals surface area contributed by atoms with Crippen LogP contribution in [0.2, 0.25) is 0 Å². The molecule has 5 aromatic rings. The van der Waals surface area contributed by atoms with Crippen molar-refractivity contribution in [1.29, 1.82) is 0 Å². The van der Waals surface area contributed by atoms with Gasteiger partial charge in [0, 0.05) is 39.3 Å². The van der Waals surface area contributed by atoms with Crippen molar-refractivity contribution < 1.29 is 9.47 Å². The average Bonchev–Trinajstić information content (AvgIpc) is 3.12. The van der Waals surface area contributed by atoms with Crippen molar-refractivity contribution in [2.75, 3.05) is 5.75 Å². The molecule has 0 spiro atoms. The molecule has 1 aliphatic heterocycles. The maximum absolute atomic E-state index is 7.11. The lowest BCUT2D eigenvalue weighted by Gasteiger charge is -2.46. The third-order valence-corrected chi connectivity index (χ3v) is 13.6. The predicted molar refractivity (Wildman–Crippen MR) is 203 cm³/mol. The second-order valence-electron chi connectivity index (χ2n) is 11.3. The molecule has 0 amide bonds. The Kier molecular flexibility index (Phi) is 13.0. The quantitative estimate of drug-likeness (QED) is 0.109. The summed E-state index contributed by atoms with van der Waals surface area (Å²) in [6.45, 7) is 0. The minimum Gasteiger partial charge on any atom is -0.464 e. The highest BCUT2D eigenvalue weighted by Gasteiger charge is 2.47. The zero-order valence-electron chi connectivity index (χ0n) is 25.8. The Morgan fingerprint density at radius 2 is 0.826 bits per heavy atom. The van der Waals surface area contributed by atoms with Gasteiger partial charge in [-0.15, -0.1) is 23.5 Å². The third-order valence-electron chi connectivity index (χ3n) is 7.84. The first kappa shape index (κ1) is 33.2. The molecule has 1 saturated heterocycles. The van der Waals surface area contributed by atoms with Crippen LogP contribution in [0.25, 0.3) is 0 Å². The molecule has 1 fully saturated rings. The van der Waals surface area contributed by atoms with Gasteiger partial charge in [0.05, 0.1) is 11.4 Å². The molecule has 0 aliphatic carbocycles. The maximum Gasteiger partial charge on any atom is 0.213 e. The van der Waals surface area contributed by atoms with E-state index >= 15 is 0 Å². The topological polar surface area (TPSA) is 18.5 Å². The van der Waals surface area contributed by atoms with E-state index in [0.29, 0.717) is 10.5 Å². The molecule has 5 aromatic carbocycles. The third kappa shape index (κ3) is 9.88. The van der Waals surface area contributed by atoms with Gasteiger partial charge in [0.2, 0.25) is 6.29 Å². The molecule has 1 heterocycles. The van der Waals surface area contributed by atoms with Gasteiger partial charge in [-0.1, -0.05) is 140 Å². The van der Waals surface area contributed by atoms with E-state index in [0.717, 1.165) is 34.5 Å². The fraction of sp³-hybridized carbons (Fsp3) is 0.250. The molecule has 1 aliphatic rings. The van der Waals surface area contributed by atoms with Crippen molar-refractivity contribution in [2.45, 2.75) is 51.2 Å². The van der Waals surface area contributed by atoms with Crippen molar-refractivity contribution in [1.82, 2.24) is 0 Å². The van der Waals surface area contributed by atoms with E-state index in [2.05, 4.69) is 145 Å². The lowest BCUT2D eigenvalue weighted by atomic mass is 10.1. The summed E-state index contributed by atoms with van der Waals surface area (Å²) in [6.07, 6.45) is -0.321. The molecule has 6 rings (SSSR count). The summed E-state index contributed by atoms with van der Waals surface area (Å²) in [5.74, 6) is 5.56. The van der Waals surface area contributed by atoms with Crippen molar-refractivity contribution >= 4 is 47.0 Å². The zero-order chi connectivity index (χ0) is 31.2. The first-order valence-corrected chi connectivity index (χ1v) is 20.1. The van der Waals surface area contributed by atoms with Gasteiger partial charge in [0.15, 0.2) is 0 Å². The standard InChI is InChI=1S/C40H40O2S4/c1-6-16-31(17-7-1)26-43-30-36-37(44-27-32-18-8-2-9-19-32)38(45-28-33-20-10-3-11-21-33)39(46-29-34-22-12-4-13-23-34)40(42-36)41-35-24-14-5-15-25-35/h1-25,36-40H,26-30H2/t36-,37-,38-,39+,40+/m1/s1. The van der Waals surface area contributed by atoms with Gasteiger partial charge in [0.25, 0.3) is 0 Å². The number of ether oxygens (including phenoxy) is 2. The van der Waals surface area contributed by atoms with E-state index in [1.807, 2.05) is 53.9 Å². The van der Waals surface area contributed by atoms with Gasteiger partial charge in [0.1, 0.15) is 5.75 Å². The lowest BCUT2D eigenvalue weighted by molar-refractivity contribution is -0.130. The van der Waals surface area contributed by atoms with E-state index in [9.17, 15) is 0 Å². The van der Waals surface area contributed by atoms with Gasteiger partial charge < -0.3 is 9.47 Å². The molecule has 6 heteroatoms. The van der Waals surface area contributed by atoms with Crippen LogP contribution in [0.4, 0.5) is 0 Å². The monoisotopic (exact) mass is 680 g/mol. The average molecular weight is 681 g/mol. The van der Waals surface area contributed by atoms with Crippen LogP contribution in [0.5, 0.6) is 5.75 Å². The molecular weight excluding hydrogens is 641 g/mol. The van der Waals surface area contributed by atoms with Crippen LogP contribution in [0.1, 0.15) is 22.3 Å². The van der Waals surface area contributed by atoms with Crippen molar-refractivity contribution in [3.05, 3.63) is 174 Å². The van der Waals surface area contributed by atoms with Gasteiger partial charge in [-0.3, -0.25) is 0 Å². The Hall–Kier alpha value is -2.74. The number of para-hydroxylation sites is 1. The first-order chi connectivity index (χ1) is 22.8. The van der Waals surface area contributed by atoms with Crippen LogP contribution in [0.3, 0.4) is 0 Å². The van der Waals surface area contributed by atoms with Crippen LogP contribution in [0, 0.1) is 0 Å². The van der Waals surface area contributed by atoms with Crippen LogP contribution >= 0.6 is 47.0 Å². The minimum absolute atomic E-state index is 0.0398. The van der Waals surface area contributed by atoms with Gasteiger partial charge in [-0.25, -0.2) is 0 Å². The molecule has 0 saturated carbocycles. The molecule has 0 radical (unpaired) electrons. The van der Waals surface area contributed by atoms with Crippen molar-refractivity contribution in [3.63, 3.8) is 0 Å². The molecule has 0 aromatic heterocycles. The molecular formula is C40H40O2S4. The molecule has 5 atom stereocenters. The number of hydrogen-bond donors (Lipinski definition) is 0. The second-order valence-corrected chi connectivity index (χ2v) is 15.8. The summed E-state index contributed by atoms with van der Waals surface area (Å²) in [5, 5.41) is 0.742. The van der Waals surface area contributed by atoms with E-state index in [-0.39, 0.29) is 17.6 Å². The molecule has 46 heavy (non-hydrogen) atoms. The lowest BCUT2D eigenvalue weighted by Crippen LogP contribution is -2.56. The summed E-state index contributed by atoms with van der Waals surface area (Å²) in [6, 6.07) is 53.5. The van der Waals surface area contributed by atoms with Gasteiger partial charge in [-0.2, -0.15) is 23.5 Å². The maximum atomic E-state index is 7.11. The zero-order valence-corrected chi connectivity index (χ0v) is 29.1. The number of thioether (sulfide) groups is 4. The SMILES string of the molecule is c1ccc(CSC[C@H]2O[C@H](Oc3ccccc3)[C@@H](SCc3ccccc3)[C@H](SCc3ccccc3)[C@@H]2SCc2ccccc2)cc1. The summed E-state index contributed by atoms with van der Waals surface area (Å²) in [7, 11) is 0. The Balaban J connectivity index is 1.31. The van der Waals surface area contributed by atoms with E-state index in [1.54, 1.807) is 0 Å². The summed E-state index contributed by atoms with van der Waals surface area (Å²) in [4.78, 5) is 0. The van der Waals surface area contributed by atoms with Gasteiger partial charge >= 0.3 is 0 Å².